The van der Waals surface area contributed by atoms with Crippen molar-refractivity contribution < 1.29 is 23.1 Å². The second kappa shape index (κ2) is 5.87. The van der Waals surface area contributed by atoms with Crippen LogP contribution in [0.25, 0.3) is 0 Å². The number of anilines is 1. The molecule has 0 atom stereocenters. The highest BCUT2D eigenvalue weighted by Crippen LogP contribution is 2.24. The molecule has 2 aromatic carbocycles. The first-order valence-electron chi connectivity index (χ1n) is 6.19. The van der Waals surface area contributed by atoms with Crippen LogP contribution in [0.2, 0.25) is 0 Å². The van der Waals surface area contributed by atoms with Crippen molar-refractivity contribution in [2.24, 2.45) is 0 Å². The summed E-state index contributed by atoms with van der Waals surface area (Å²) >= 11 is 0. The fourth-order valence-electron chi connectivity index (χ4n) is 1.99. The standard InChI is InChI=1S/C15H12F3NO2/c1-2-19(10-4-3-5-11(20)8-10)15(21)14-12(17)6-9(16)7-13(14)18/h3-8,20H,2H2,1H3. The summed E-state index contributed by atoms with van der Waals surface area (Å²) in [6, 6.07) is 6.61. The summed E-state index contributed by atoms with van der Waals surface area (Å²) in [5.41, 5.74) is -0.549. The first kappa shape index (κ1) is 14.9. The molecule has 0 saturated heterocycles. The van der Waals surface area contributed by atoms with Crippen molar-refractivity contribution in [1.82, 2.24) is 0 Å². The third-order valence-corrected chi connectivity index (χ3v) is 2.92. The number of hydrogen-bond acceptors (Lipinski definition) is 2. The van der Waals surface area contributed by atoms with E-state index in [-0.39, 0.29) is 18.0 Å². The zero-order valence-electron chi connectivity index (χ0n) is 11.1. The average molecular weight is 295 g/mol. The van der Waals surface area contributed by atoms with E-state index in [9.17, 15) is 23.1 Å². The highest BCUT2D eigenvalue weighted by Gasteiger charge is 2.24. The van der Waals surface area contributed by atoms with Crippen LogP contribution in [0.5, 0.6) is 5.75 Å². The molecule has 6 heteroatoms. The van der Waals surface area contributed by atoms with Gasteiger partial charge >= 0.3 is 0 Å². The van der Waals surface area contributed by atoms with Gasteiger partial charge < -0.3 is 10.0 Å². The number of carbonyl (C=O) groups excluding carboxylic acids is 1. The summed E-state index contributed by atoms with van der Waals surface area (Å²) in [5.74, 6) is -4.66. The maximum atomic E-state index is 13.7. The highest BCUT2D eigenvalue weighted by molar-refractivity contribution is 6.06. The van der Waals surface area contributed by atoms with E-state index in [4.69, 9.17) is 0 Å². The number of hydrogen-bond donors (Lipinski definition) is 1. The minimum absolute atomic E-state index is 0.0844. The molecule has 0 bridgehead atoms. The number of halogens is 3. The minimum Gasteiger partial charge on any atom is -0.508 e. The van der Waals surface area contributed by atoms with Crippen molar-refractivity contribution in [3.63, 3.8) is 0 Å². The monoisotopic (exact) mass is 295 g/mol. The van der Waals surface area contributed by atoms with Crippen LogP contribution in [-0.4, -0.2) is 17.6 Å². The van der Waals surface area contributed by atoms with Crippen LogP contribution < -0.4 is 4.90 Å². The number of aromatic hydroxyl groups is 1. The lowest BCUT2D eigenvalue weighted by Crippen LogP contribution is -2.32. The van der Waals surface area contributed by atoms with E-state index in [2.05, 4.69) is 0 Å². The van der Waals surface area contributed by atoms with E-state index >= 15 is 0 Å². The molecular weight excluding hydrogens is 283 g/mol. The number of phenolic OH excluding ortho intramolecular Hbond substituents is 1. The van der Waals surface area contributed by atoms with Crippen LogP contribution in [0.3, 0.4) is 0 Å². The van der Waals surface area contributed by atoms with Gasteiger partial charge in [-0.15, -0.1) is 0 Å². The Morgan fingerprint density at radius 3 is 2.29 bits per heavy atom. The molecule has 1 N–H and O–H groups in total. The molecule has 110 valence electrons. The average Bonchev–Trinajstić information content (AvgIpc) is 2.38. The second-order valence-corrected chi connectivity index (χ2v) is 4.31. The summed E-state index contributed by atoms with van der Waals surface area (Å²) in [6.07, 6.45) is 0. The zero-order valence-corrected chi connectivity index (χ0v) is 11.1. The van der Waals surface area contributed by atoms with E-state index in [1.165, 1.54) is 24.3 Å². The zero-order chi connectivity index (χ0) is 15.6. The molecule has 0 unspecified atom stereocenters. The van der Waals surface area contributed by atoms with Crippen LogP contribution in [0.4, 0.5) is 18.9 Å². The number of carbonyl (C=O) groups is 1. The van der Waals surface area contributed by atoms with Gasteiger partial charge in [-0.25, -0.2) is 13.2 Å². The Kier molecular flexibility index (Phi) is 4.16. The van der Waals surface area contributed by atoms with E-state index in [1.807, 2.05) is 0 Å². The molecule has 21 heavy (non-hydrogen) atoms. The molecule has 0 spiro atoms. The smallest absolute Gasteiger partial charge is 0.264 e. The molecular formula is C15H12F3NO2. The lowest BCUT2D eigenvalue weighted by atomic mass is 10.1. The normalized spacial score (nSPS) is 10.5. The Morgan fingerprint density at radius 2 is 1.76 bits per heavy atom. The SMILES string of the molecule is CCN(C(=O)c1c(F)cc(F)cc1F)c1cccc(O)c1. The number of nitrogens with zero attached hydrogens (tertiary/aromatic N) is 1. The molecule has 0 fully saturated rings. The Morgan fingerprint density at radius 1 is 1.14 bits per heavy atom. The van der Waals surface area contributed by atoms with E-state index in [1.54, 1.807) is 6.92 Å². The quantitative estimate of drug-likeness (QED) is 0.941. The molecule has 2 aromatic rings. The lowest BCUT2D eigenvalue weighted by Gasteiger charge is -2.21. The molecule has 2 rings (SSSR count). The van der Waals surface area contributed by atoms with E-state index in [0.717, 1.165) is 4.90 Å². The third-order valence-electron chi connectivity index (χ3n) is 2.92. The predicted molar refractivity (Wildman–Crippen MR) is 71.8 cm³/mol. The lowest BCUT2D eigenvalue weighted by molar-refractivity contribution is 0.0980. The van der Waals surface area contributed by atoms with Crippen LogP contribution in [0.15, 0.2) is 36.4 Å². The van der Waals surface area contributed by atoms with Gasteiger partial charge in [0.25, 0.3) is 5.91 Å². The summed E-state index contributed by atoms with van der Waals surface area (Å²) in [5, 5.41) is 9.42. The number of rotatable bonds is 3. The predicted octanol–water partition coefficient (Wildman–Crippen LogP) is 3.48. The molecule has 0 saturated carbocycles. The minimum atomic E-state index is -1.27. The summed E-state index contributed by atoms with van der Waals surface area (Å²) in [7, 11) is 0. The molecule has 3 nitrogen and oxygen atoms in total. The van der Waals surface area contributed by atoms with Crippen molar-refractivity contribution in [3.8, 4) is 5.75 Å². The van der Waals surface area contributed by atoms with Gasteiger partial charge in [0.05, 0.1) is 0 Å². The van der Waals surface area contributed by atoms with Crippen molar-refractivity contribution in [2.75, 3.05) is 11.4 Å². The van der Waals surface area contributed by atoms with Gasteiger partial charge in [0.15, 0.2) is 0 Å². The van der Waals surface area contributed by atoms with E-state index in [0.29, 0.717) is 12.1 Å². The van der Waals surface area contributed by atoms with Crippen LogP contribution >= 0.6 is 0 Å². The van der Waals surface area contributed by atoms with Gasteiger partial charge in [0, 0.05) is 30.4 Å². The van der Waals surface area contributed by atoms with Crippen LogP contribution in [0.1, 0.15) is 17.3 Å². The fraction of sp³-hybridized carbons (Fsp3) is 0.133. The largest absolute Gasteiger partial charge is 0.508 e. The summed E-state index contributed by atoms with van der Waals surface area (Å²) in [6.45, 7) is 1.74. The van der Waals surface area contributed by atoms with Gasteiger partial charge in [-0.3, -0.25) is 4.79 Å². The van der Waals surface area contributed by atoms with Crippen molar-refractivity contribution in [1.29, 1.82) is 0 Å². The first-order chi connectivity index (χ1) is 9.93. The summed E-state index contributed by atoms with van der Waals surface area (Å²) in [4.78, 5) is 13.4. The number of phenols is 1. The Labute approximate surface area is 119 Å². The van der Waals surface area contributed by atoms with Crippen LogP contribution in [-0.2, 0) is 0 Å². The Hall–Kier alpha value is -2.50. The number of benzene rings is 2. The molecule has 0 aromatic heterocycles. The third kappa shape index (κ3) is 2.99. The fourth-order valence-corrected chi connectivity index (χ4v) is 1.99. The van der Waals surface area contributed by atoms with Crippen molar-refractivity contribution in [2.45, 2.75) is 6.92 Å². The molecule has 1 amide bonds. The maximum absolute atomic E-state index is 13.7. The van der Waals surface area contributed by atoms with E-state index < -0.39 is 28.9 Å². The topological polar surface area (TPSA) is 40.5 Å². The highest BCUT2D eigenvalue weighted by atomic mass is 19.1. The van der Waals surface area contributed by atoms with Gasteiger partial charge in [-0.2, -0.15) is 0 Å². The molecule has 0 aliphatic heterocycles. The maximum Gasteiger partial charge on any atom is 0.264 e. The molecule has 0 heterocycles. The van der Waals surface area contributed by atoms with Crippen LogP contribution in [0, 0.1) is 17.5 Å². The van der Waals surface area contributed by atoms with Gasteiger partial charge in [-0.05, 0) is 19.1 Å². The van der Waals surface area contributed by atoms with Crippen molar-refractivity contribution >= 4 is 11.6 Å². The second-order valence-electron chi connectivity index (χ2n) is 4.31. The molecule has 0 radical (unpaired) electrons. The first-order valence-corrected chi connectivity index (χ1v) is 6.19. The Bertz CT molecular complexity index is 665. The molecule has 0 aliphatic rings. The van der Waals surface area contributed by atoms with Gasteiger partial charge in [-0.1, -0.05) is 6.07 Å². The summed E-state index contributed by atoms with van der Waals surface area (Å²) < 4.78 is 40.2. The molecule has 0 aliphatic carbocycles. The van der Waals surface area contributed by atoms with Gasteiger partial charge in [0.1, 0.15) is 28.8 Å². The Balaban J connectivity index is 2.47. The van der Waals surface area contributed by atoms with Gasteiger partial charge in [0.2, 0.25) is 0 Å². The number of amides is 1. The van der Waals surface area contributed by atoms with Crippen molar-refractivity contribution in [3.05, 3.63) is 59.4 Å².